The summed E-state index contributed by atoms with van der Waals surface area (Å²) < 4.78 is 10.5. The molecule has 0 spiro atoms. The van der Waals surface area contributed by atoms with E-state index >= 15 is 0 Å². The van der Waals surface area contributed by atoms with Gasteiger partial charge in [0.1, 0.15) is 12.1 Å². The first-order valence-corrected chi connectivity index (χ1v) is 5.51. The third-order valence-corrected chi connectivity index (χ3v) is 2.93. The van der Waals surface area contributed by atoms with Gasteiger partial charge in [-0.2, -0.15) is 0 Å². The predicted octanol–water partition coefficient (Wildman–Crippen LogP) is 1.32. The molecule has 1 fully saturated rings. The predicted molar refractivity (Wildman–Crippen MR) is 60.6 cm³/mol. The second kappa shape index (κ2) is 5.12. The zero-order chi connectivity index (χ0) is 11.4. The van der Waals surface area contributed by atoms with Crippen LogP contribution in [0.3, 0.4) is 0 Å². The molecule has 88 valence electrons. The zero-order valence-electron chi connectivity index (χ0n) is 9.64. The summed E-state index contributed by atoms with van der Waals surface area (Å²) >= 11 is 0. The average Bonchev–Trinajstić information content (AvgIpc) is 2.72. The Morgan fingerprint density at radius 2 is 2.44 bits per heavy atom. The highest BCUT2D eigenvalue weighted by Gasteiger charge is 2.23. The van der Waals surface area contributed by atoms with E-state index in [1.807, 2.05) is 0 Å². The molecule has 2 atom stereocenters. The van der Waals surface area contributed by atoms with Gasteiger partial charge in [0, 0.05) is 25.1 Å². The molecule has 2 heterocycles. The second-order valence-corrected chi connectivity index (χ2v) is 3.95. The molecular weight excluding hydrogens is 206 g/mol. The van der Waals surface area contributed by atoms with Gasteiger partial charge in [-0.1, -0.05) is 0 Å². The van der Waals surface area contributed by atoms with Crippen molar-refractivity contribution in [3.8, 4) is 5.88 Å². The van der Waals surface area contributed by atoms with E-state index in [0.717, 1.165) is 25.4 Å². The lowest BCUT2D eigenvalue weighted by Crippen LogP contribution is -2.21. The Bertz CT molecular complexity index is 346. The molecule has 2 unspecified atom stereocenters. The highest BCUT2D eigenvalue weighted by Crippen LogP contribution is 2.21. The highest BCUT2D eigenvalue weighted by molar-refractivity contribution is 5.37. The van der Waals surface area contributed by atoms with E-state index in [-0.39, 0.29) is 0 Å². The third-order valence-electron chi connectivity index (χ3n) is 2.93. The van der Waals surface area contributed by atoms with Crippen LogP contribution >= 0.6 is 0 Å². The van der Waals surface area contributed by atoms with E-state index in [9.17, 15) is 0 Å². The molecule has 1 saturated heterocycles. The first-order chi connectivity index (χ1) is 7.79. The molecule has 1 N–H and O–H groups in total. The summed E-state index contributed by atoms with van der Waals surface area (Å²) in [4.78, 5) is 8.08. The summed E-state index contributed by atoms with van der Waals surface area (Å²) in [6.45, 7) is 3.85. The molecule has 1 aromatic heterocycles. The highest BCUT2D eigenvalue weighted by atomic mass is 16.5. The zero-order valence-corrected chi connectivity index (χ0v) is 9.64. The number of nitrogens with zero attached hydrogens (tertiary/aromatic N) is 2. The van der Waals surface area contributed by atoms with Gasteiger partial charge in [-0.15, -0.1) is 0 Å². The number of aromatic nitrogens is 2. The number of methoxy groups -OCH3 is 1. The van der Waals surface area contributed by atoms with Crippen molar-refractivity contribution >= 4 is 5.82 Å². The Balaban J connectivity index is 1.88. The fourth-order valence-electron chi connectivity index (χ4n) is 1.83. The molecule has 0 radical (unpaired) electrons. The number of ether oxygens (including phenoxy) is 2. The van der Waals surface area contributed by atoms with Crippen molar-refractivity contribution < 1.29 is 9.47 Å². The molecule has 0 aliphatic carbocycles. The van der Waals surface area contributed by atoms with Crippen LogP contribution in [0.15, 0.2) is 12.4 Å². The van der Waals surface area contributed by atoms with E-state index in [1.165, 1.54) is 6.33 Å². The van der Waals surface area contributed by atoms with Crippen molar-refractivity contribution in [3.05, 3.63) is 12.4 Å². The van der Waals surface area contributed by atoms with Crippen LogP contribution in [0.1, 0.15) is 13.3 Å². The lowest BCUT2D eigenvalue weighted by atomic mass is 10.0. The number of nitrogens with one attached hydrogen (secondary N) is 1. The number of rotatable bonds is 4. The maximum Gasteiger partial charge on any atom is 0.218 e. The maximum absolute atomic E-state index is 5.50. The Labute approximate surface area is 95.2 Å². The summed E-state index contributed by atoms with van der Waals surface area (Å²) in [6, 6.07) is 1.79. The summed E-state index contributed by atoms with van der Waals surface area (Å²) in [5.74, 6) is 1.93. The fourth-order valence-corrected chi connectivity index (χ4v) is 1.83. The topological polar surface area (TPSA) is 56.3 Å². The molecule has 1 aliphatic heterocycles. The molecule has 2 rings (SSSR count). The maximum atomic E-state index is 5.50. The molecule has 1 aromatic rings. The smallest absolute Gasteiger partial charge is 0.218 e. The van der Waals surface area contributed by atoms with Gasteiger partial charge in [-0.25, -0.2) is 9.97 Å². The Kier molecular flexibility index (Phi) is 3.56. The van der Waals surface area contributed by atoms with Crippen molar-refractivity contribution in [2.24, 2.45) is 5.92 Å². The van der Waals surface area contributed by atoms with Crippen LogP contribution in [-0.2, 0) is 4.74 Å². The molecule has 5 nitrogen and oxygen atoms in total. The van der Waals surface area contributed by atoms with Crippen molar-refractivity contribution in [3.63, 3.8) is 0 Å². The number of hydrogen-bond acceptors (Lipinski definition) is 5. The molecule has 16 heavy (non-hydrogen) atoms. The fraction of sp³-hybridized carbons (Fsp3) is 0.636. The van der Waals surface area contributed by atoms with E-state index in [2.05, 4.69) is 22.2 Å². The van der Waals surface area contributed by atoms with Crippen molar-refractivity contribution in [1.82, 2.24) is 9.97 Å². The van der Waals surface area contributed by atoms with E-state index < -0.39 is 0 Å². The van der Waals surface area contributed by atoms with Crippen molar-refractivity contribution in [2.75, 3.05) is 25.6 Å². The Morgan fingerprint density at radius 1 is 1.56 bits per heavy atom. The van der Waals surface area contributed by atoms with Gasteiger partial charge in [0.05, 0.1) is 13.2 Å². The van der Waals surface area contributed by atoms with Gasteiger partial charge in [-0.3, -0.25) is 0 Å². The van der Waals surface area contributed by atoms with E-state index in [1.54, 1.807) is 13.2 Å². The monoisotopic (exact) mass is 223 g/mol. The second-order valence-electron chi connectivity index (χ2n) is 3.95. The lowest BCUT2D eigenvalue weighted by Gasteiger charge is -2.15. The van der Waals surface area contributed by atoms with E-state index in [4.69, 9.17) is 9.47 Å². The standard InChI is InChI=1S/C11H17N3O2/c1-8-9(3-4-16-8)6-12-10-5-11(15-2)14-7-13-10/h5,7-9H,3-4,6H2,1-2H3,(H,12,13,14). The molecule has 0 amide bonds. The van der Waals surface area contributed by atoms with Gasteiger partial charge < -0.3 is 14.8 Å². The SMILES string of the molecule is COc1cc(NCC2CCOC2C)ncn1. The molecule has 1 aliphatic rings. The normalized spacial score (nSPS) is 24.4. The minimum Gasteiger partial charge on any atom is -0.481 e. The van der Waals surface area contributed by atoms with Gasteiger partial charge in [0.2, 0.25) is 5.88 Å². The van der Waals surface area contributed by atoms with Gasteiger partial charge >= 0.3 is 0 Å². The first kappa shape index (κ1) is 11.1. The van der Waals surface area contributed by atoms with Crippen LogP contribution in [0.25, 0.3) is 0 Å². The molecular formula is C11H17N3O2. The minimum absolute atomic E-state index is 0.330. The van der Waals surface area contributed by atoms with Crippen molar-refractivity contribution in [2.45, 2.75) is 19.4 Å². The molecule has 0 bridgehead atoms. The number of anilines is 1. The summed E-state index contributed by atoms with van der Waals surface area (Å²) in [6.07, 6.45) is 2.93. The molecule has 0 saturated carbocycles. The van der Waals surface area contributed by atoms with Crippen LogP contribution in [-0.4, -0.2) is 36.3 Å². The summed E-state index contributed by atoms with van der Waals surface area (Å²) in [5, 5.41) is 3.28. The Morgan fingerprint density at radius 3 is 3.12 bits per heavy atom. The quantitative estimate of drug-likeness (QED) is 0.834. The first-order valence-electron chi connectivity index (χ1n) is 5.51. The van der Waals surface area contributed by atoms with Crippen molar-refractivity contribution in [1.29, 1.82) is 0 Å². The van der Waals surface area contributed by atoms with Gasteiger partial charge in [0.25, 0.3) is 0 Å². The van der Waals surface area contributed by atoms with E-state index in [0.29, 0.717) is 17.9 Å². The van der Waals surface area contributed by atoms with Gasteiger partial charge in [-0.05, 0) is 13.3 Å². The number of hydrogen-bond donors (Lipinski definition) is 1. The molecule has 0 aromatic carbocycles. The van der Waals surface area contributed by atoms with Crippen LogP contribution in [0.4, 0.5) is 5.82 Å². The van der Waals surface area contributed by atoms with Crippen LogP contribution in [0.5, 0.6) is 5.88 Å². The van der Waals surface area contributed by atoms with Gasteiger partial charge in [0.15, 0.2) is 0 Å². The van der Waals surface area contributed by atoms with Crippen LogP contribution in [0.2, 0.25) is 0 Å². The minimum atomic E-state index is 0.330. The lowest BCUT2D eigenvalue weighted by molar-refractivity contribution is 0.108. The largest absolute Gasteiger partial charge is 0.481 e. The Hall–Kier alpha value is -1.36. The van der Waals surface area contributed by atoms with Crippen LogP contribution < -0.4 is 10.1 Å². The third kappa shape index (κ3) is 2.61. The summed E-state index contributed by atoms with van der Waals surface area (Å²) in [5.41, 5.74) is 0. The van der Waals surface area contributed by atoms with Crippen LogP contribution in [0, 0.1) is 5.92 Å². The summed E-state index contributed by atoms with van der Waals surface area (Å²) in [7, 11) is 1.60. The average molecular weight is 223 g/mol. The molecule has 5 heteroatoms.